The second-order valence-electron chi connectivity index (χ2n) is 4.97. The first-order valence-electron chi connectivity index (χ1n) is 7.73. The molecule has 0 unspecified atom stereocenters. The van der Waals surface area contributed by atoms with Crippen LogP contribution in [0.25, 0.3) is 0 Å². The maximum Gasteiger partial charge on any atom is 0.267 e. The topological polar surface area (TPSA) is 68.2 Å². The first kappa shape index (κ1) is 19.0. The number of hydrogen-bond donors (Lipinski definition) is 2. The fourth-order valence-electron chi connectivity index (χ4n) is 2.03. The number of carbonyl (C=O) groups is 1. The normalized spacial score (nSPS) is 11.2. The third kappa shape index (κ3) is 7.18. The second-order valence-corrected chi connectivity index (χ2v) is 5.41. The van der Waals surface area contributed by atoms with Gasteiger partial charge in [-0.2, -0.15) is 5.26 Å². The van der Waals surface area contributed by atoms with Crippen LogP contribution in [0.4, 0.5) is 5.69 Å². The van der Waals surface area contributed by atoms with Gasteiger partial charge in [-0.05, 0) is 44.3 Å². The molecule has 124 valence electrons. The number of hydrogen-bond acceptors (Lipinski definition) is 4. The number of rotatable bonds is 9. The third-order valence-electron chi connectivity index (χ3n) is 3.38. The van der Waals surface area contributed by atoms with Crippen molar-refractivity contribution < 1.29 is 4.79 Å². The lowest BCUT2D eigenvalue weighted by Gasteiger charge is -2.17. The van der Waals surface area contributed by atoms with Gasteiger partial charge >= 0.3 is 0 Å². The summed E-state index contributed by atoms with van der Waals surface area (Å²) in [6.45, 7) is 8.02. The molecule has 1 aromatic rings. The van der Waals surface area contributed by atoms with Crippen molar-refractivity contribution >= 4 is 23.2 Å². The maximum absolute atomic E-state index is 12.0. The Bertz CT molecular complexity index is 576. The van der Waals surface area contributed by atoms with E-state index in [4.69, 9.17) is 16.9 Å². The van der Waals surface area contributed by atoms with E-state index >= 15 is 0 Å². The summed E-state index contributed by atoms with van der Waals surface area (Å²) in [5, 5.41) is 15.3. The lowest BCUT2D eigenvalue weighted by molar-refractivity contribution is -0.112. The second kappa shape index (κ2) is 10.7. The molecule has 0 radical (unpaired) electrons. The lowest BCUT2D eigenvalue weighted by atomic mass is 10.2. The Morgan fingerprint density at radius 1 is 1.39 bits per heavy atom. The molecule has 1 rings (SSSR count). The largest absolute Gasteiger partial charge is 0.390 e. The Kier molecular flexibility index (Phi) is 8.81. The molecule has 23 heavy (non-hydrogen) atoms. The van der Waals surface area contributed by atoms with Gasteiger partial charge in [0.05, 0.1) is 0 Å². The Hall–Kier alpha value is -2.03. The van der Waals surface area contributed by atoms with Crippen molar-refractivity contribution in [1.82, 2.24) is 10.2 Å². The van der Waals surface area contributed by atoms with E-state index in [9.17, 15) is 4.79 Å². The summed E-state index contributed by atoms with van der Waals surface area (Å²) in [7, 11) is 0. The molecule has 0 aromatic heterocycles. The summed E-state index contributed by atoms with van der Waals surface area (Å²) in [5.41, 5.74) is 0.595. The SMILES string of the molecule is CCN(CC)CCCN/C=C(/C#N)C(=O)Nc1cccc(Cl)c1. The van der Waals surface area contributed by atoms with Gasteiger partial charge in [0, 0.05) is 23.5 Å². The van der Waals surface area contributed by atoms with Gasteiger partial charge in [0.15, 0.2) is 0 Å². The van der Waals surface area contributed by atoms with Gasteiger partial charge in [-0.15, -0.1) is 0 Å². The predicted octanol–water partition coefficient (Wildman–Crippen LogP) is 3.01. The van der Waals surface area contributed by atoms with Gasteiger partial charge in [-0.1, -0.05) is 31.5 Å². The first-order valence-corrected chi connectivity index (χ1v) is 8.11. The van der Waals surface area contributed by atoms with Crippen LogP contribution in [0.1, 0.15) is 20.3 Å². The molecule has 2 N–H and O–H groups in total. The van der Waals surface area contributed by atoms with Crippen LogP contribution in [0.15, 0.2) is 36.0 Å². The number of anilines is 1. The van der Waals surface area contributed by atoms with Crippen molar-refractivity contribution in [3.05, 3.63) is 41.1 Å². The number of benzene rings is 1. The highest BCUT2D eigenvalue weighted by atomic mass is 35.5. The lowest BCUT2D eigenvalue weighted by Crippen LogP contribution is -2.26. The zero-order chi connectivity index (χ0) is 17.1. The minimum absolute atomic E-state index is 0.0350. The fourth-order valence-corrected chi connectivity index (χ4v) is 2.22. The Morgan fingerprint density at radius 2 is 2.13 bits per heavy atom. The quantitative estimate of drug-likeness (QED) is 0.414. The van der Waals surface area contributed by atoms with E-state index in [0.29, 0.717) is 17.3 Å². The van der Waals surface area contributed by atoms with E-state index < -0.39 is 5.91 Å². The highest BCUT2D eigenvalue weighted by molar-refractivity contribution is 6.31. The molecule has 0 saturated carbocycles. The summed E-state index contributed by atoms with van der Waals surface area (Å²) in [5.74, 6) is -0.453. The van der Waals surface area contributed by atoms with Crippen LogP contribution in [0.2, 0.25) is 5.02 Å². The van der Waals surface area contributed by atoms with Crippen LogP contribution >= 0.6 is 11.6 Å². The van der Waals surface area contributed by atoms with Crippen LogP contribution in [0.5, 0.6) is 0 Å². The van der Waals surface area contributed by atoms with Crippen molar-refractivity contribution in [3.63, 3.8) is 0 Å². The number of nitriles is 1. The third-order valence-corrected chi connectivity index (χ3v) is 3.62. The predicted molar refractivity (Wildman–Crippen MR) is 94.2 cm³/mol. The van der Waals surface area contributed by atoms with Crippen molar-refractivity contribution in [2.75, 3.05) is 31.5 Å². The standard InChI is InChI=1S/C17H23ClN4O/c1-3-22(4-2)10-6-9-20-13-14(12-19)17(23)21-16-8-5-7-15(18)11-16/h5,7-8,11,13,20H,3-4,6,9-10H2,1-2H3,(H,21,23)/b14-13-. The molecule has 0 bridgehead atoms. The monoisotopic (exact) mass is 334 g/mol. The molecule has 0 aliphatic heterocycles. The van der Waals surface area contributed by atoms with Gasteiger partial charge in [-0.3, -0.25) is 4.79 Å². The molecule has 5 nitrogen and oxygen atoms in total. The van der Waals surface area contributed by atoms with Crippen LogP contribution in [-0.2, 0) is 4.79 Å². The summed E-state index contributed by atoms with van der Waals surface area (Å²) in [4.78, 5) is 14.3. The number of halogens is 1. The summed E-state index contributed by atoms with van der Waals surface area (Å²) >= 11 is 5.86. The molecule has 0 aliphatic carbocycles. The zero-order valence-corrected chi connectivity index (χ0v) is 14.4. The van der Waals surface area contributed by atoms with Crippen LogP contribution in [-0.4, -0.2) is 37.0 Å². The molecule has 1 aromatic carbocycles. The summed E-state index contributed by atoms with van der Waals surface area (Å²) in [6.07, 6.45) is 2.41. The molecular weight excluding hydrogens is 312 g/mol. The Labute approximate surface area is 142 Å². The van der Waals surface area contributed by atoms with E-state index in [2.05, 4.69) is 29.4 Å². The Balaban J connectivity index is 2.46. The van der Waals surface area contributed by atoms with Gasteiger partial charge in [0.1, 0.15) is 11.6 Å². The number of amides is 1. The van der Waals surface area contributed by atoms with Crippen LogP contribution < -0.4 is 10.6 Å². The average Bonchev–Trinajstić information content (AvgIpc) is 2.54. The molecule has 6 heteroatoms. The maximum atomic E-state index is 12.0. The molecule has 0 heterocycles. The van der Waals surface area contributed by atoms with Gasteiger partial charge in [-0.25, -0.2) is 0 Å². The fraction of sp³-hybridized carbons (Fsp3) is 0.412. The number of nitrogens with zero attached hydrogens (tertiary/aromatic N) is 2. The van der Waals surface area contributed by atoms with Gasteiger partial charge < -0.3 is 15.5 Å². The molecule has 0 aliphatic rings. The highest BCUT2D eigenvalue weighted by Crippen LogP contribution is 2.15. The molecule has 0 saturated heterocycles. The van der Waals surface area contributed by atoms with Crippen molar-refractivity contribution in [3.8, 4) is 6.07 Å². The smallest absolute Gasteiger partial charge is 0.267 e. The van der Waals surface area contributed by atoms with E-state index in [1.54, 1.807) is 24.3 Å². The minimum Gasteiger partial charge on any atom is -0.390 e. The van der Waals surface area contributed by atoms with Crippen molar-refractivity contribution in [2.45, 2.75) is 20.3 Å². The minimum atomic E-state index is -0.453. The summed E-state index contributed by atoms with van der Waals surface area (Å²) < 4.78 is 0. The van der Waals surface area contributed by atoms with Gasteiger partial charge in [0.25, 0.3) is 5.91 Å². The van der Waals surface area contributed by atoms with E-state index in [0.717, 1.165) is 26.1 Å². The van der Waals surface area contributed by atoms with E-state index in [1.807, 2.05) is 6.07 Å². The van der Waals surface area contributed by atoms with Crippen molar-refractivity contribution in [2.24, 2.45) is 0 Å². The average molecular weight is 335 g/mol. The van der Waals surface area contributed by atoms with E-state index in [1.165, 1.54) is 6.20 Å². The molecule has 1 amide bonds. The van der Waals surface area contributed by atoms with Crippen LogP contribution in [0, 0.1) is 11.3 Å². The highest BCUT2D eigenvalue weighted by Gasteiger charge is 2.09. The van der Waals surface area contributed by atoms with E-state index in [-0.39, 0.29) is 5.57 Å². The molecule has 0 fully saturated rings. The number of nitrogens with one attached hydrogen (secondary N) is 2. The molecule has 0 spiro atoms. The van der Waals surface area contributed by atoms with Crippen LogP contribution in [0.3, 0.4) is 0 Å². The zero-order valence-electron chi connectivity index (χ0n) is 13.6. The molecule has 0 atom stereocenters. The molecular formula is C17H23ClN4O. The Morgan fingerprint density at radius 3 is 2.74 bits per heavy atom. The van der Waals surface area contributed by atoms with Crippen molar-refractivity contribution in [1.29, 1.82) is 5.26 Å². The number of carbonyl (C=O) groups excluding carboxylic acids is 1. The first-order chi connectivity index (χ1) is 11.1. The van der Waals surface area contributed by atoms with Gasteiger partial charge in [0.2, 0.25) is 0 Å². The summed E-state index contributed by atoms with van der Waals surface area (Å²) in [6, 6.07) is 8.70.